The standard InChI is InChI=1S/C12H10F3NO2/c1-7(2)12(17)16-8-3-5-9(6-4-8)18-11(15)10(13)14/h3-6H,1H2,2H3,(H,16,17). The van der Waals surface area contributed by atoms with E-state index in [1.165, 1.54) is 31.2 Å². The number of rotatable bonds is 4. The first kappa shape index (κ1) is 13.8. The molecular weight excluding hydrogens is 247 g/mol. The Morgan fingerprint density at radius 1 is 1.22 bits per heavy atom. The molecule has 0 saturated carbocycles. The minimum atomic E-state index is -2.53. The van der Waals surface area contributed by atoms with Crippen molar-refractivity contribution in [1.29, 1.82) is 0 Å². The highest BCUT2D eigenvalue weighted by atomic mass is 19.3. The molecule has 0 unspecified atom stereocenters. The van der Waals surface area contributed by atoms with Gasteiger partial charge in [0.1, 0.15) is 5.75 Å². The molecule has 1 N–H and O–H groups in total. The molecule has 0 atom stereocenters. The smallest absolute Gasteiger partial charge is 0.344 e. The Balaban J connectivity index is 2.72. The highest BCUT2D eigenvalue weighted by molar-refractivity contribution is 6.02. The second-order valence-electron chi connectivity index (χ2n) is 3.40. The van der Waals surface area contributed by atoms with Crippen molar-refractivity contribution in [2.75, 3.05) is 5.32 Å². The van der Waals surface area contributed by atoms with Gasteiger partial charge in [-0.15, -0.1) is 0 Å². The highest BCUT2D eigenvalue weighted by Crippen LogP contribution is 2.20. The summed E-state index contributed by atoms with van der Waals surface area (Å²) < 4.78 is 40.2. The molecule has 0 fully saturated rings. The first-order chi connectivity index (χ1) is 8.40. The molecule has 0 aliphatic carbocycles. The van der Waals surface area contributed by atoms with Crippen molar-refractivity contribution in [3.05, 3.63) is 48.5 Å². The molecule has 0 aromatic heterocycles. The molecule has 0 bridgehead atoms. The summed E-state index contributed by atoms with van der Waals surface area (Å²) in [5.41, 5.74) is 0.740. The average molecular weight is 257 g/mol. The fourth-order valence-electron chi connectivity index (χ4n) is 0.986. The van der Waals surface area contributed by atoms with E-state index < -0.39 is 12.1 Å². The zero-order valence-corrected chi connectivity index (χ0v) is 9.47. The molecule has 0 aliphatic heterocycles. The van der Waals surface area contributed by atoms with Gasteiger partial charge in [0.05, 0.1) is 0 Å². The maximum absolute atomic E-state index is 12.5. The molecule has 1 rings (SSSR count). The van der Waals surface area contributed by atoms with Crippen LogP contribution in [0.2, 0.25) is 0 Å². The highest BCUT2D eigenvalue weighted by Gasteiger charge is 2.08. The first-order valence-corrected chi connectivity index (χ1v) is 4.85. The topological polar surface area (TPSA) is 38.3 Å². The van der Waals surface area contributed by atoms with Crippen LogP contribution in [0.15, 0.2) is 48.5 Å². The fraction of sp³-hybridized carbons (Fsp3) is 0.0833. The van der Waals surface area contributed by atoms with Crippen LogP contribution in [0.4, 0.5) is 18.9 Å². The van der Waals surface area contributed by atoms with Gasteiger partial charge >= 0.3 is 12.1 Å². The van der Waals surface area contributed by atoms with Gasteiger partial charge in [0.15, 0.2) is 0 Å². The van der Waals surface area contributed by atoms with Crippen LogP contribution >= 0.6 is 0 Å². The molecule has 1 amide bonds. The van der Waals surface area contributed by atoms with Crippen molar-refractivity contribution in [3.63, 3.8) is 0 Å². The van der Waals surface area contributed by atoms with Crippen molar-refractivity contribution in [1.82, 2.24) is 0 Å². The van der Waals surface area contributed by atoms with E-state index in [4.69, 9.17) is 0 Å². The summed E-state index contributed by atoms with van der Waals surface area (Å²) in [7, 11) is 0. The van der Waals surface area contributed by atoms with E-state index in [1.807, 2.05) is 0 Å². The van der Waals surface area contributed by atoms with Crippen LogP contribution < -0.4 is 10.1 Å². The predicted molar refractivity (Wildman–Crippen MR) is 60.9 cm³/mol. The molecule has 0 aliphatic rings. The summed E-state index contributed by atoms with van der Waals surface area (Å²) in [6, 6.07) is 3.32. The van der Waals surface area contributed by atoms with Crippen LogP contribution in [0.5, 0.6) is 5.75 Å². The zero-order chi connectivity index (χ0) is 13.7. The number of ether oxygens (including phenoxy) is 1. The molecular formula is C12H10F3NO2. The Kier molecular flexibility index (Phi) is 4.53. The first-order valence-electron chi connectivity index (χ1n) is 4.85. The largest absolute Gasteiger partial charge is 0.428 e. The lowest BCUT2D eigenvalue weighted by molar-refractivity contribution is -0.112. The molecule has 6 heteroatoms. The normalized spacial score (nSPS) is 9.56. The molecule has 1 aromatic rings. The molecule has 0 radical (unpaired) electrons. The van der Waals surface area contributed by atoms with Crippen molar-refractivity contribution in [2.45, 2.75) is 6.92 Å². The van der Waals surface area contributed by atoms with E-state index >= 15 is 0 Å². The Morgan fingerprint density at radius 2 is 1.78 bits per heavy atom. The van der Waals surface area contributed by atoms with Crippen LogP contribution in [0.1, 0.15) is 6.92 Å². The zero-order valence-electron chi connectivity index (χ0n) is 9.47. The monoisotopic (exact) mass is 257 g/mol. The number of nitrogens with one attached hydrogen (secondary N) is 1. The van der Waals surface area contributed by atoms with Gasteiger partial charge in [-0.1, -0.05) is 6.58 Å². The second kappa shape index (κ2) is 5.90. The Labute approximate surface area is 102 Å². The lowest BCUT2D eigenvalue weighted by atomic mass is 10.2. The summed E-state index contributed by atoms with van der Waals surface area (Å²) >= 11 is 0. The van der Waals surface area contributed by atoms with Crippen LogP contribution in [0.3, 0.4) is 0 Å². The number of carbonyl (C=O) groups excluding carboxylic acids is 1. The van der Waals surface area contributed by atoms with E-state index in [1.54, 1.807) is 0 Å². The molecule has 1 aromatic carbocycles. The maximum Gasteiger partial charge on any atom is 0.344 e. The summed E-state index contributed by atoms with van der Waals surface area (Å²) in [6.07, 6.45) is -2.53. The fourth-order valence-corrected chi connectivity index (χ4v) is 0.986. The van der Waals surface area contributed by atoms with Crippen LogP contribution in [-0.2, 0) is 4.79 Å². The molecule has 0 spiro atoms. The van der Waals surface area contributed by atoms with Crippen molar-refractivity contribution in [3.8, 4) is 5.75 Å². The summed E-state index contributed by atoms with van der Waals surface area (Å²) in [5.74, 6) is -0.474. The van der Waals surface area contributed by atoms with E-state index in [-0.39, 0.29) is 11.7 Å². The van der Waals surface area contributed by atoms with Gasteiger partial charge in [-0.25, -0.2) is 0 Å². The van der Waals surface area contributed by atoms with Crippen LogP contribution in [0.25, 0.3) is 0 Å². The van der Waals surface area contributed by atoms with Gasteiger partial charge in [-0.3, -0.25) is 4.79 Å². The maximum atomic E-state index is 12.5. The van der Waals surface area contributed by atoms with E-state index in [0.29, 0.717) is 11.3 Å². The molecule has 3 nitrogen and oxygen atoms in total. The Hall–Kier alpha value is -2.24. The third-order valence-corrected chi connectivity index (χ3v) is 1.86. The number of hydrogen-bond acceptors (Lipinski definition) is 2. The van der Waals surface area contributed by atoms with E-state index in [2.05, 4.69) is 16.6 Å². The number of carbonyl (C=O) groups is 1. The van der Waals surface area contributed by atoms with Gasteiger partial charge in [0.2, 0.25) is 0 Å². The molecule has 18 heavy (non-hydrogen) atoms. The van der Waals surface area contributed by atoms with Gasteiger partial charge in [-0.05, 0) is 31.2 Å². The van der Waals surface area contributed by atoms with E-state index in [0.717, 1.165) is 0 Å². The third-order valence-electron chi connectivity index (χ3n) is 1.86. The SMILES string of the molecule is C=C(C)C(=O)Nc1ccc(OC(F)=C(F)F)cc1. The lowest BCUT2D eigenvalue weighted by Crippen LogP contribution is -2.11. The summed E-state index contributed by atoms with van der Waals surface area (Å²) in [5, 5.41) is 2.50. The number of halogens is 3. The second-order valence-corrected chi connectivity index (χ2v) is 3.40. The predicted octanol–water partition coefficient (Wildman–Crippen LogP) is 3.62. The average Bonchev–Trinajstić information content (AvgIpc) is 2.31. The van der Waals surface area contributed by atoms with Gasteiger partial charge in [0, 0.05) is 11.3 Å². The number of amides is 1. The van der Waals surface area contributed by atoms with Crippen molar-refractivity contribution < 1.29 is 22.7 Å². The van der Waals surface area contributed by atoms with Gasteiger partial charge in [-0.2, -0.15) is 13.2 Å². The minimum absolute atomic E-state index is 0.103. The summed E-state index contributed by atoms with van der Waals surface area (Å²) in [6.45, 7) is 4.99. The van der Waals surface area contributed by atoms with Gasteiger partial charge in [0.25, 0.3) is 5.91 Å². The van der Waals surface area contributed by atoms with Crippen LogP contribution in [-0.4, -0.2) is 5.91 Å². The summed E-state index contributed by atoms with van der Waals surface area (Å²) in [4.78, 5) is 11.3. The number of benzene rings is 1. The molecule has 0 saturated heterocycles. The Morgan fingerprint density at radius 3 is 2.22 bits per heavy atom. The number of anilines is 1. The van der Waals surface area contributed by atoms with Gasteiger partial charge < -0.3 is 10.1 Å². The molecule has 96 valence electrons. The quantitative estimate of drug-likeness (QED) is 0.661. The third kappa shape index (κ3) is 3.97. The number of hydrogen-bond donors (Lipinski definition) is 1. The van der Waals surface area contributed by atoms with Crippen LogP contribution in [0, 0.1) is 0 Å². The van der Waals surface area contributed by atoms with Crippen molar-refractivity contribution >= 4 is 11.6 Å². The van der Waals surface area contributed by atoms with Crippen molar-refractivity contribution in [2.24, 2.45) is 0 Å². The van der Waals surface area contributed by atoms with E-state index in [9.17, 15) is 18.0 Å². The lowest BCUT2D eigenvalue weighted by Gasteiger charge is -2.06. The molecule has 0 heterocycles. The Bertz CT molecular complexity index is 491. The minimum Gasteiger partial charge on any atom is -0.428 e.